The van der Waals surface area contributed by atoms with Gasteiger partial charge in [-0.15, -0.1) is 0 Å². The minimum absolute atomic E-state index is 0.0440. The summed E-state index contributed by atoms with van der Waals surface area (Å²) >= 11 is 0. The molecule has 0 aliphatic rings. The second-order valence-electron chi connectivity index (χ2n) is 5.41. The highest BCUT2D eigenvalue weighted by atomic mass is 16.1. The van der Waals surface area contributed by atoms with Crippen LogP contribution >= 0.6 is 0 Å². The molecule has 0 aliphatic heterocycles. The lowest BCUT2D eigenvalue weighted by molar-refractivity contribution is 0.104. The summed E-state index contributed by atoms with van der Waals surface area (Å²) in [6.07, 6.45) is 3.66. The summed E-state index contributed by atoms with van der Waals surface area (Å²) < 4.78 is 1.99. The molecule has 0 spiro atoms. The van der Waals surface area contributed by atoms with E-state index >= 15 is 0 Å². The van der Waals surface area contributed by atoms with Gasteiger partial charge in [0.05, 0.1) is 5.52 Å². The summed E-state index contributed by atoms with van der Waals surface area (Å²) in [4.78, 5) is 17.2. The molecule has 0 fully saturated rings. The molecule has 0 radical (unpaired) electrons. The third-order valence-electron chi connectivity index (χ3n) is 4.01. The minimum Gasteiger partial charge on any atom is -0.350 e. The van der Waals surface area contributed by atoms with Gasteiger partial charge in [-0.1, -0.05) is 24.3 Å². The topological polar surface area (TPSA) is 34.9 Å². The number of fused-ring (bicyclic) bond motifs is 2. The number of benzene rings is 2. The third kappa shape index (κ3) is 1.91. The number of aryl methyl sites for hydroxylation is 1. The van der Waals surface area contributed by atoms with Gasteiger partial charge in [0.2, 0.25) is 0 Å². The lowest BCUT2D eigenvalue weighted by Crippen LogP contribution is -2.00. The van der Waals surface area contributed by atoms with Gasteiger partial charge in [-0.3, -0.25) is 9.78 Å². The van der Waals surface area contributed by atoms with Crippen molar-refractivity contribution in [3.8, 4) is 0 Å². The maximum Gasteiger partial charge on any atom is 0.195 e. The van der Waals surface area contributed by atoms with Crippen LogP contribution in [0.1, 0.15) is 15.9 Å². The van der Waals surface area contributed by atoms with Gasteiger partial charge in [-0.25, -0.2) is 0 Å². The number of carbonyl (C=O) groups is 1. The summed E-state index contributed by atoms with van der Waals surface area (Å²) in [5.41, 5.74) is 3.39. The molecule has 0 bridgehead atoms. The van der Waals surface area contributed by atoms with Crippen molar-refractivity contribution in [3.63, 3.8) is 0 Å². The van der Waals surface area contributed by atoms with Gasteiger partial charge in [0.1, 0.15) is 0 Å². The largest absolute Gasteiger partial charge is 0.350 e. The van der Waals surface area contributed by atoms with E-state index < -0.39 is 0 Å². The Morgan fingerprint density at radius 3 is 2.82 bits per heavy atom. The lowest BCUT2D eigenvalue weighted by Gasteiger charge is -2.02. The molecule has 0 saturated carbocycles. The van der Waals surface area contributed by atoms with Gasteiger partial charge in [0.25, 0.3) is 0 Å². The Hall–Kier alpha value is -2.94. The quantitative estimate of drug-likeness (QED) is 0.523. The molecule has 2 aromatic heterocycles. The van der Waals surface area contributed by atoms with Crippen molar-refractivity contribution >= 4 is 27.6 Å². The maximum atomic E-state index is 12.9. The van der Waals surface area contributed by atoms with Crippen LogP contribution in [-0.2, 0) is 7.05 Å². The van der Waals surface area contributed by atoms with Crippen LogP contribution in [0, 0.1) is 0 Å². The Morgan fingerprint density at radius 2 is 1.91 bits per heavy atom. The van der Waals surface area contributed by atoms with Gasteiger partial charge in [0.15, 0.2) is 5.78 Å². The van der Waals surface area contributed by atoms with Crippen LogP contribution in [0.4, 0.5) is 0 Å². The summed E-state index contributed by atoms with van der Waals surface area (Å²) in [6.45, 7) is 0. The van der Waals surface area contributed by atoms with Gasteiger partial charge in [-0.05, 0) is 30.3 Å². The number of carbonyl (C=O) groups excluding carboxylic acids is 1. The number of aromatic nitrogens is 2. The summed E-state index contributed by atoms with van der Waals surface area (Å²) in [6, 6.07) is 17.5. The van der Waals surface area contributed by atoms with Crippen LogP contribution in [0.5, 0.6) is 0 Å². The molecule has 4 aromatic rings. The monoisotopic (exact) mass is 286 g/mol. The van der Waals surface area contributed by atoms with E-state index in [1.165, 1.54) is 0 Å². The summed E-state index contributed by atoms with van der Waals surface area (Å²) in [5.74, 6) is 0.0440. The van der Waals surface area contributed by atoms with E-state index in [2.05, 4.69) is 4.98 Å². The Balaban J connectivity index is 1.88. The molecule has 2 aromatic carbocycles. The fraction of sp³-hybridized carbons (Fsp3) is 0.0526. The summed E-state index contributed by atoms with van der Waals surface area (Å²) in [5, 5.41) is 1.97. The van der Waals surface area contributed by atoms with E-state index in [0.717, 1.165) is 27.4 Å². The second kappa shape index (κ2) is 4.81. The van der Waals surface area contributed by atoms with E-state index in [1.807, 2.05) is 72.4 Å². The van der Waals surface area contributed by atoms with Gasteiger partial charge in [0, 0.05) is 46.9 Å². The SMILES string of the molecule is Cn1cc(C(=O)c2ccc3ncccc3c2)c2ccccc21. The Labute approximate surface area is 127 Å². The maximum absolute atomic E-state index is 12.9. The predicted molar refractivity (Wildman–Crippen MR) is 88.1 cm³/mol. The first kappa shape index (κ1) is 12.8. The standard InChI is InChI=1S/C19H14N2O/c1-21-12-16(15-6-2-3-7-18(15)21)19(22)14-8-9-17-13(11-14)5-4-10-20-17/h2-12H,1H3. The lowest BCUT2D eigenvalue weighted by atomic mass is 10.0. The van der Waals surface area contributed by atoms with Gasteiger partial charge in [-0.2, -0.15) is 0 Å². The van der Waals surface area contributed by atoms with E-state index in [-0.39, 0.29) is 5.78 Å². The van der Waals surface area contributed by atoms with Crippen molar-refractivity contribution in [1.29, 1.82) is 0 Å². The number of nitrogens with zero attached hydrogens (tertiary/aromatic N) is 2. The molecule has 0 unspecified atom stereocenters. The molecule has 0 aliphatic carbocycles. The molecular weight excluding hydrogens is 272 g/mol. The molecule has 3 heteroatoms. The minimum atomic E-state index is 0.0440. The van der Waals surface area contributed by atoms with E-state index in [0.29, 0.717) is 5.56 Å². The number of ketones is 1. The molecule has 106 valence electrons. The molecule has 0 N–H and O–H groups in total. The number of para-hydroxylation sites is 1. The number of rotatable bonds is 2. The van der Waals surface area contributed by atoms with Crippen LogP contribution in [0.3, 0.4) is 0 Å². The van der Waals surface area contributed by atoms with Crippen molar-refractivity contribution < 1.29 is 4.79 Å². The highest BCUT2D eigenvalue weighted by Crippen LogP contribution is 2.24. The van der Waals surface area contributed by atoms with Crippen LogP contribution in [-0.4, -0.2) is 15.3 Å². The highest BCUT2D eigenvalue weighted by Gasteiger charge is 2.15. The van der Waals surface area contributed by atoms with Crippen LogP contribution in [0.25, 0.3) is 21.8 Å². The van der Waals surface area contributed by atoms with E-state index in [1.54, 1.807) is 6.20 Å². The zero-order valence-electron chi connectivity index (χ0n) is 12.2. The zero-order chi connectivity index (χ0) is 15.1. The molecule has 3 nitrogen and oxygen atoms in total. The van der Waals surface area contributed by atoms with E-state index in [9.17, 15) is 4.79 Å². The first-order chi connectivity index (χ1) is 10.7. The van der Waals surface area contributed by atoms with Crippen molar-refractivity contribution in [2.45, 2.75) is 0 Å². The zero-order valence-corrected chi connectivity index (χ0v) is 12.2. The van der Waals surface area contributed by atoms with E-state index in [4.69, 9.17) is 0 Å². The van der Waals surface area contributed by atoms with Crippen molar-refractivity contribution in [2.75, 3.05) is 0 Å². The first-order valence-electron chi connectivity index (χ1n) is 7.17. The average molecular weight is 286 g/mol. The van der Waals surface area contributed by atoms with Crippen molar-refractivity contribution in [1.82, 2.24) is 9.55 Å². The van der Waals surface area contributed by atoms with Crippen LogP contribution in [0.2, 0.25) is 0 Å². The van der Waals surface area contributed by atoms with Gasteiger partial charge >= 0.3 is 0 Å². The number of hydrogen-bond donors (Lipinski definition) is 0. The van der Waals surface area contributed by atoms with Gasteiger partial charge < -0.3 is 4.57 Å². The molecule has 0 amide bonds. The molecule has 0 saturated heterocycles. The fourth-order valence-electron chi connectivity index (χ4n) is 2.89. The molecule has 4 rings (SSSR count). The smallest absolute Gasteiger partial charge is 0.195 e. The molecular formula is C19H14N2O. The van der Waals surface area contributed by atoms with Crippen LogP contribution < -0.4 is 0 Å². The molecule has 0 atom stereocenters. The Morgan fingerprint density at radius 1 is 1.05 bits per heavy atom. The Kier molecular flexibility index (Phi) is 2.79. The normalized spacial score (nSPS) is 11.1. The number of hydrogen-bond acceptors (Lipinski definition) is 2. The molecule has 22 heavy (non-hydrogen) atoms. The van der Waals surface area contributed by atoms with Crippen molar-refractivity contribution in [2.24, 2.45) is 7.05 Å². The highest BCUT2D eigenvalue weighted by molar-refractivity contribution is 6.17. The fourth-order valence-corrected chi connectivity index (χ4v) is 2.89. The predicted octanol–water partition coefficient (Wildman–Crippen LogP) is 3.96. The van der Waals surface area contributed by atoms with Crippen molar-refractivity contribution in [3.05, 3.63) is 78.1 Å². The Bertz CT molecular complexity index is 1010. The average Bonchev–Trinajstić information content (AvgIpc) is 2.91. The second-order valence-corrected chi connectivity index (χ2v) is 5.41. The first-order valence-corrected chi connectivity index (χ1v) is 7.17. The van der Waals surface area contributed by atoms with Crippen LogP contribution in [0.15, 0.2) is 67.0 Å². The number of pyridine rings is 1. The molecule has 2 heterocycles. The summed E-state index contributed by atoms with van der Waals surface area (Å²) in [7, 11) is 1.96. The third-order valence-corrected chi connectivity index (χ3v) is 4.01.